The Kier molecular flexibility index (Phi) is 4.99. The third-order valence-electron chi connectivity index (χ3n) is 6.15. The second kappa shape index (κ2) is 7.94. The fourth-order valence-electron chi connectivity index (χ4n) is 4.57. The number of hydrogen-bond donors (Lipinski definition) is 1. The summed E-state index contributed by atoms with van der Waals surface area (Å²) in [6.45, 7) is 4.59. The van der Waals surface area contributed by atoms with Crippen LogP contribution in [0.1, 0.15) is 43.4 Å². The maximum absolute atomic E-state index is 13.1. The van der Waals surface area contributed by atoms with Gasteiger partial charge in [0.2, 0.25) is 5.91 Å². The molecular formula is C24H27N5O. The molecule has 1 amide bonds. The number of nitrogens with one attached hydrogen (secondary N) is 1. The van der Waals surface area contributed by atoms with Crippen LogP contribution in [0.2, 0.25) is 0 Å². The van der Waals surface area contributed by atoms with Crippen LogP contribution in [0.3, 0.4) is 0 Å². The Morgan fingerprint density at radius 2 is 2.13 bits per heavy atom. The van der Waals surface area contributed by atoms with Gasteiger partial charge in [0.1, 0.15) is 0 Å². The highest BCUT2D eigenvalue weighted by molar-refractivity contribution is 5.89. The molecule has 6 heteroatoms. The zero-order valence-corrected chi connectivity index (χ0v) is 17.3. The second-order valence-corrected chi connectivity index (χ2v) is 8.23. The zero-order valence-electron chi connectivity index (χ0n) is 17.3. The largest absolute Gasteiger partial charge is 0.361 e. The van der Waals surface area contributed by atoms with E-state index in [-0.39, 0.29) is 11.8 Å². The topological polar surface area (TPSA) is 66.8 Å². The highest BCUT2D eigenvalue weighted by Gasteiger charge is 2.26. The van der Waals surface area contributed by atoms with Gasteiger partial charge in [-0.2, -0.15) is 5.10 Å². The minimum absolute atomic E-state index is 0.196. The normalized spacial score (nSPS) is 17.1. The molecule has 3 aromatic heterocycles. The molecule has 0 aliphatic carbocycles. The number of H-pyrrole nitrogens is 1. The molecule has 1 saturated heterocycles. The standard InChI is InChI=1S/C24H27N5O/c1-2-11-29-24-17(15-26-29)9-10-21(27-24)18-6-5-12-28(16-18)23(30)13-19-14-25-22-8-4-3-7-20(19)22/h3-4,7-10,14-15,18,25H,2,5-6,11-13,16H2,1H3/t18-/m1/s1. The first kappa shape index (κ1) is 18.9. The van der Waals surface area contributed by atoms with E-state index in [0.717, 1.165) is 72.1 Å². The summed E-state index contributed by atoms with van der Waals surface area (Å²) in [6, 6.07) is 12.4. The highest BCUT2D eigenvalue weighted by Crippen LogP contribution is 2.28. The summed E-state index contributed by atoms with van der Waals surface area (Å²) in [6.07, 6.45) is 7.40. The van der Waals surface area contributed by atoms with E-state index in [4.69, 9.17) is 4.98 Å². The lowest BCUT2D eigenvalue weighted by atomic mass is 9.93. The van der Waals surface area contributed by atoms with E-state index in [1.165, 1.54) is 0 Å². The Hall–Kier alpha value is -3.15. The summed E-state index contributed by atoms with van der Waals surface area (Å²) in [5.74, 6) is 0.474. The molecular weight excluding hydrogens is 374 g/mol. The van der Waals surface area contributed by atoms with Crippen LogP contribution < -0.4 is 0 Å². The van der Waals surface area contributed by atoms with Crippen LogP contribution in [0.25, 0.3) is 21.9 Å². The van der Waals surface area contributed by atoms with Gasteiger partial charge in [-0.05, 0) is 43.0 Å². The molecule has 1 atom stereocenters. The third kappa shape index (κ3) is 3.47. The van der Waals surface area contributed by atoms with Crippen molar-refractivity contribution in [2.75, 3.05) is 13.1 Å². The molecule has 30 heavy (non-hydrogen) atoms. The number of amides is 1. The van der Waals surface area contributed by atoms with Crippen LogP contribution in [-0.2, 0) is 17.8 Å². The van der Waals surface area contributed by atoms with Crippen molar-refractivity contribution in [1.82, 2.24) is 24.6 Å². The van der Waals surface area contributed by atoms with Gasteiger partial charge < -0.3 is 9.88 Å². The lowest BCUT2D eigenvalue weighted by molar-refractivity contribution is -0.131. The number of carbonyl (C=O) groups is 1. The molecule has 1 aliphatic rings. The monoisotopic (exact) mass is 401 g/mol. The van der Waals surface area contributed by atoms with Crippen molar-refractivity contribution in [1.29, 1.82) is 0 Å². The Labute approximate surface area is 175 Å². The van der Waals surface area contributed by atoms with Gasteiger partial charge in [-0.15, -0.1) is 0 Å². The van der Waals surface area contributed by atoms with Gasteiger partial charge in [0, 0.05) is 53.7 Å². The Bertz CT molecular complexity index is 1190. The fourth-order valence-corrected chi connectivity index (χ4v) is 4.57. The summed E-state index contributed by atoms with van der Waals surface area (Å²) in [7, 11) is 0. The summed E-state index contributed by atoms with van der Waals surface area (Å²) in [5.41, 5.74) is 4.18. The minimum atomic E-state index is 0.196. The first-order valence-corrected chi connectivity index (χ1v) is 10.9. The van der Waals surface area contributed by atoms with Crippen LogP contribution in [0.15, 0.2) is 48.8 Å². The molecule has 0 saturated carbocycles. The Morgan fingerprint density at radius 1 is 1.23 bits per heavy atom. The molecule has 0 unspecified atom stereocenters. The third-order valence-corrected chi connectivity index (χ3v) is 6.15. The highest BCUT2D eigenvalue weighted by atomic mass is 16.2. The van der Waals surface area contributed by atoms with E-state index in [0.29, 0.717) is 6.42 Å². The number of rotatable bonds is 5. The van der Waals surface area contributed by atoms with Crippen molar-refractivity contribution < 1.29 is 4.79 Å². The van der Waals surface area contributed by atoms with Gasteiger partial charge in [0.05, 0.1) is 12.6 Å². The average Bonchev–Trinajstić information content (AvgIpc) is 3.38. The fraction of sp³-hybridized carbons (Fsp3) is 0.375. The van der Waals surface area contributed by atoms with Gasteiger partial charge in [0.15, 0.2) is 5.65 Å². The van der Waals surface area contributed by atoms with Crippen LogP contribution in [0.4, 0.5) is 0 Å². The van der Waals surface area contributed by atoms with Crippen molar-refractivity contribution in [3.05, 3.63) is 60.0 Å². The summed E-state index contributed by atoms with van der Waals surface area (Å²) < 4.78 is 1.99. The first-order chi connectivity index (χ1) is 14.7. The summed E-state index contributed by atoms with van der Waals surface area (Å²) in [4.78, 5) is 23.3. The number of carbonyl (C=O) groups excluding carboxylic acids is 1. The number of benzene rings is 1. The van der Waals surface area contributed by atoms with Crippen molar-refractivity contribution in [2.45, 2.75) is 45.1 Å². The lowest BCUT2D eigenvalue weighted by Gasteiger charge is -2.32. The number of pyridine rings is 1. The molecule has 4 heterocycles. The molecule has 1 N–H and O–H groups in total. The number of aromatic nitrogens is 4. The predicted molar refractivity (Wildman–Crippen MR) is 118 cm³/mol. The van der Waals surface area contributed by atoms with Crippen LogP contribution in [-0.4, -0.2) is 43.6 Å². The maximum Gasteiger partial charge on any atom is 0.227 e. The Morgan fingerprint density at radius 3 is 3.03 bits per heavy atom. The quantitative estimate of drug-likeness (QED) is 0.543. The molecule has 1 aliphatic heterocycles. The van der Waals surface area contributed by atoms with Gasteiger partial charge in [-0.3, -0.25) is 4.79 Å². The SMILES string of the molecule is CCCn1ncc2ccc([C@@H]3CCCN(C(=O)Cc4c[nH]c5ccccc45)C3)nc21. The first-order valence-electron chi connectivity index (χ1n) is 10.9. The van der Waals surface area contributed by atoms with Gasteiger partial charge >= 0.3 is 0 Å². The number of hydrogen-bond acceptors (Lipinski definition) is 3. The number of nitrogens with zero attached hydrogens (tertiary/aromatic N) is 4. The van der Waals surface area contributed by atoms with E-state index in [1.54, 1.807) is 0 Å². The average molecular weight is 402 g/mol. The number of piperidine rings is 1. The molecule has 4 aromatic rings. The van der Waals surface area contributed by atoms with Crippen LogP contribution >= 0.6 is 0 Å². The molecule has 6 nitrogen and oxygen atoms in total. The van der Waals surface area contributed by atoms with E-state index in [1.807, 2.05) is 40.2 Å². The molecule has 0 spiro atoms. The number of fused-ring (bicyclic) bond motifs is 2. The maximum atomic E-state index is 13.1. The van der Waals surface area contributed by atoms with E-state index in [9.17, 15) is 4.79 Å². The molecule has 0 bridgehead atoms. The number of para-hydroxylation sites is 1. The van der Waals surface area contributed by atoms with Crippen LogP contribution in [0.5, 0.6) is 0 Å². The van der Waals surface area contributed by atoms with Gasteiger partial charge in [0.25, 0.3) is 0 Å². The molecule has 154 valence electrons. The predicted octanol–water partition coefficient (Wildman–Crippen LogP) is 4.27. The molecule has 1 fully saturated rings. The van der Waals surface area contributed by atoms with Crippen molar-refractivity contribution in [3.8, 4) is 0 Å². The summed E-state index contributed by atoms with van der Waals surface area (Å²) >= 11 is 0. The van der Waals surface area contributed by atoms with Gasteiger partial charge in [-0.25, -0.2) is 9.67 Å². The lowest BCUT2D eigenvalue weighted by Crippen LogP contribution is -2.40. The van der Waals surface area contributed by atoms with E-state index < -0.39 is 0 Å². The second-order valence-electron chi connectivity index (χ2n) is 8.23. The Balaban J connectivity index is 1.33. The van der Waals surface area contributed by atoms with Gasteiger partial charge in [-0.1, -0.05) is 25.1 Å². The van der Waals surface area contributed by atoms with E-state index >= 15 is 0 Å². The molecule has 1 aromatic carbocycles. The zero-order chi connectivity index (χ0) is 20.5. The molecule has 5 rings (SSSR count). The number of aromatic amines is 1. The van der Waals surface area contributed by atoms with E-state index in [2.05, 4.69) is 35.2 Å². The van der Waals surface area contributed by atoms with Crippen LogP contribution in [0, 0.1) is 0 Å². The minimum Gasteiger partial charge on any atom is -0.361 e. The van der Waals surface area contributed by atoms with Crippen molar-refractivity contribution in [2.24, 2.45) is 0 Å². The van der Waals surface area contributed by atoms with Crippen molar-refractivity contribution >= 4 is 27.8 Å². The smallest absolute Gasteiger partial charge is 0.227 e. The summed E-state index contributed by atoms with van der Waals surface area (Å²) in [5, 5.41) is 6.68. The van der Waals surface area contributed by atoms with Crippen molar-refractivity contribution in [3.63, 3.8) is 0 Å². The number of aryl methyl sites for hydroxylation is 1. The number of likely N-dealkylation sites (tertiary alicyclic amines) is 1. The molecule has 0 radical (unpaired) electrons.